The molecule has 94 valence electrons. The van der Waals surface area contributed by atoms with E-state index in [9.17, 15) is 0 Å². The molecule has 0 fully saturated rings. The van der Waals surface area contributed by atoms with Gasteiger partial charge in [0.25, 0.3) is 0 Å². The summed E-state index contributed by atoms with van der Waals surface area (Å²) in [6.07, 6.45) is 3.50. The molecule has 0 unspecified atom stereocenters. The van der Waals surface area contributed by atoms with E-state index < -0.39 is 0 Å². The predicted octanol–water partition coefficient (Wildman–Crippen LogP) is 2.32. The zero-order chi connectivity index (χ0) is 13.2. The molecule has 0 aliphatic heterocycles. The summed E-state index contributed by atoms with van der Waals surface area (Å²) in [5.41, 5.74) is 9.35. The maximum atomic E-state index is 5.61. The Morgan fingerprint density at radius 1 is 1.11 bits per heavy atom. The van der Waals surface area contributed by atoms with E-state index >= 15 is 0 Å². The SMILES string of the molecule is CNc1ccnc(-c2ccc3cnc(N)nc3c2)c1. The average Bonchev–Trinajstić information content (AvgIpc) is 2.46. The number of pyridine rings is 1. The van der Waals surface area contributed by atoms with Gasteiger partial charge in [0.15, 0.2) is 0 Å². The Morgan fingerprint density at radius 3 is 2.84 bits per heavy atom. The summed E-state index contributed by atoms with van der Waals surface area (Å²) >= 11 is 0. The highest BCUT2D eigenvalue weighted by Gasteiger charge is 2.03. The van der Waals surface area contributed by atoms with Gasteiger partial charge in [-0.25, -0.2) is 9.97 Å². The molecule has 5 heteroatoms. The lowest BCUT2D eigenvalue weighted by molar-refractivity contribution is 1.24. The largest absolute Gasteiger partial charge is 0.388 e. The molecule has 1 aromatic carbocycles. The van der Waals surface area contributed by atoms with Crippen LogP contribution in [0.25, 0.3) is 22.2 Å². The van der Waals surface area contributed by atoms with Crippen LogP contribution in [-0.2, 0) is 0 Å². The fraction of sp³-hybridized carbons (Fsp3) is 0.0714. The Kier molecular flexibility index (Phi) is 2.72. The molecule has 3 aromatic rings. The second-order valence-electron chi connectivity index (χ2n) is 4.18. The van der Waals surface area contributed by atoms with Crippen LogP contribution in [0.4, 0.5) is 11.6 Å². The first kappa shape index (κ1) is 11.4. The minimum absolute atomic E-state index is 0.279. The van der Waals surface area contributed by atoms with E-state index in [0.29, 0.717) is 0 Å². The summed E-state index contributed by atoms with van der Waals surface area (Å²) in [5, 5.41) is 4.06. The van der Waals surface area contributed by atoms with Gasteiger partial charge in [-0.05, 0) is 18.2 Å². The number of nitrogens with zero attached hydrogens (tertiary/aromatic N) is 3. The Morgan fingerprint density at radius 2 is 2.00 bits per heavy atom. The molecule has 3 N–H and O–H groups in total. The number of benzene rings is 1. The second-order valence-corrected chi connectivity index (χ2v) is 4.18. The fourth-order valence-corrected chi connectivity index (χ4v) is 1.94. The molecule has 0 amide bonds. The lowest BCUT2D eigenvalue weighted by atomic mass is 10.1. The number of anilines is 2. The van der Waals surface area contributed by atoms with Gasteiger partial charge in [0, 0.05) is 36.1 Å². The van der Waals surface area contributed by atoms with E-state index in [2.05, 4.69) is 20.3 Å². The van der Waals surface area contributed by atoms with Crippen LogP contribution in [0.1, 0.15) is 0 Å². The fourth-order valence-electron chi connectivity index (χ4n) is 1.94. The number of rotatable bonds is 2. The summed E-state index contributed by atoms with van der Waals surface area (Å²) in [4.78, 5) is 12.6. The van der Waals surface area contributed by atoms with E-state index in [4.69, 9.17) is 5.73 Å². The Bertz CT molecular complexity index is 739. The first-order valence-electron chi connectivity index (χ1n) is 5.93. The molecule has 2 heterocycles. The maximum absolute atomic E-state index is 5.61. The maximum Gasteiger partial charge on any atom is 0.220 e. The summed E-state index contributed by atoms with van der Waals surface area (Å²) in [6.45, 7) is 0. The van der Waals surface area contributed by atoms with E-state index in [0.717, 1.165) is 27.8 Å². The normalized spacial score (nSPS) is 10.6. The van der Waals surface area contributed by atoms with Gasteiger partial charge >= 0.3 is 0 Å². The minimum Gasteiger partial charge on any atom is -0.388 e. The standard InChI is InChI=1S/C14H13N5/c1-16-11-4-5-17-12(7-11)9-2-3-10-8-18-14(15)19-13(10)6-9/h2-8H,1H3,(H,16,17)(H2,15,18,19). The van der Waals surface area contributed by atoms with Gasteiger partial charge in [0.05, 0.1) is 11.2 Å². The highest BCUT2D eigenvalue weighted by Crippen LogP contribution is 2.23. The highest BCUT2D eigenvalue weighted by atomic mass is 15.0. The molecule has 19 heavy (non-hydrogen) atoms. The quantitative estimate of drug-likeness (QED) is 0.731. The molecular weight excluding hydrogens is 238 g/mol. The van der Waals surface area contributed by atoms with Crippen LogP contribution in [-0.4, -0.2) is 22.0 Å². The van der Waals surface area contributed by atoms with Gasteiger partial charge < -0.3 is 11.1 Å². The summed E-state index contributed by atoms with van der Waals surface area (Å²) in [6, 6.07) is 9.85. The van der Waals surface area contributed by atoms with Crippen LogP contribution in [0.5, 0.6) is 0 Å². The summed E-state index contributed by atoms with van der Waals surface area (Å²) < 4.78 is 0. The van der Waals surface area contributed by atoms with Crippen LogP contribution in [0.2, 0.25) is 0 Å². The van der Waals surface area contributed by atoms with Gasteiger partial charge in [-0.15, -0.1) is 0 Å². The van der Waals surface area contributed by atoms with E-state index in [1.165, 1.54) is 0 Å². The Balaban J connectivity index is 2.13. The topological polar surface area (TPSA) is 76.7 Å². The third kappa shape index (κ3) is 2.18. The van der Waals surface area contributed by atoms with Crippen molar-refractivity contribution in [1.29, 1.82) is 0 Å². The molecule has 5 nitrogen and oxygen atoms in total. The number of fused-ring (bicyclic) bond motifs is 1. The van der Waals surface area contributed by atoms with Crippen LogP contribution in [0.3, 0.4) is 0 Å². The molecule has 0 spiro atoms. The number of nitrogen functional groups attached to an aromatic ring is 1. The molecular formula is C14H13N5. The smallest absolute Gasteiger partial charge is 0.220 e. The van der Waals surface area contributed by atoms with Crippen molar-refractivity contribution in [3.05, 3.63) is 42.7 Å². The average molecular weight is 251 g/mol. The van der Waals surface area contributed by atoms with Gasteiger partial charge in [-0.1, -0.05) is 12.1 Å². The van der Waals surface area contributed by atoms with Crippen LogP contribution >= 0.6 is 0 Å². The number of nitrogens with two attached hydrogens (primary N) is 1. The molecule has 0 saturated carbocycles. The molecule has 3 rings (SSSR count). The van der Waals surface area contributed by atoms with Gasteiger partial charge in [0.2, 0.25) is 5.95 Å². The molecule has 0 aliphatic rings. The number of aromatic nitrogens is 3. The van der Waals surface area contributed by atoms with Crippen molar-refractivity contribution < 1.29 is 0 Å². The Labute approximate surface area is 110 Å². The molecule has 0 bridgehead atoms. The Hall–Kier alpha value is -2.69. The minimum atomic E-state index is 0.279. The van der Waals surface area contributed by atoms with Crippen molar-refractivity contribution in [2.24, 2.45) is 0 Å². The van der Waals surface area contributed by atoms with Gasteiger partial charge in [-0.3, -0.25) is 4.98 Å². The first-order valence-corrected chi connectivity index (χ1v) is 5.93. The van der Waals surface area contributed by atoms with Crippen molar-refractivity contribution in [3.63, 3.8) is 0 Å². The highest BCUT2D eigenvalue weighted by molar-refractivity contribution is 5.83. The number of hydrogen-bond donors (Lipinski definition) is 2. The zero-order valence-electron chi connectivity index (χ0n) is 10.5. The van der Waals surface area contributed by atoms with Crippen molar-refractivity contribution >= 4 is 22.5 Å². The van der Waals surface area contributed by atoms with Crippen molar-refractivity contribution in [3.8, 4) is 11.3 Å². The van der Waals surface area contributed by atoms with Crippen LogP contribution in [0.15, 0.2) is 42.7 Å². The zero-order valence-corrected chi connectivity index (χ0v) is 10.5. The van der Waals surface area contributed by atoms with Gasteiger partial charge in [-0.2, -0.15) is 0 Å². The third-order valence-electron chi connectivity index (χ3n) is 2.95. The summed E-state index contributed by atoms with van der Waals surface area (Å²) in [5.74, 6) is 0.279. The van der Waals surface area contributed by atoms with E-state index in [1.807, 2.05) is 37.4 Å². The van der Waals surface area contributed by atoms with Crippen molar-refractivity contribution in [2.45, 2.75) is 0 Å². The summed E-state index contributed by atoms with van der Waals surface area (Å²) in [7, 11) is 1.88. The van der Waals surface area contributed by atoms with Crippen LogP contribution in [0, 0.1) is 0 Å². The molecule has 0 saturated heterocycles. The molecule has 0 aliphatic carbocycles. The molecule has 0 radical (unpaired) electrons. The van der Waals surface area contributed by atoms with Crippen LogP contribution < -0.4 is 11.1 Å². The second kappa shape index (κ2) is 4.53. The first-order chi connectivity index (χ1) is 9.26. The number of hydrogen-bond acceptors (Lipinski definition) is 5. The number of nitrogens with one attached hydrogen (secondary N) is 1. The molecule has 2 aromatic heterocycles. The lowest BCUT2D eigenvalue weighted by Crippen LogP contribution is -1.94. The van der Waals surface area contributed by atoms with E-state index in [-0.39, 0.29) is 5.95 Å². The lowest BCUT2D eigenvalue weighted by Gasteiger charge is -2.05. The predicted molar refractivity (Wildman–Crippen MR) is 76.7 cm³/mol. The monoisotopic (exact) mass is 251 g/mol. The van der Waals surface area contributed by atoms with Gasteiger partial charge in [0.1, 0.15) is 0 Å². The van der Waals surface area contributed by atoms with E-state index in [1.54, 1.807) is 12.4 Å². The molecule has 0 atom stereocenters. The third-order valence-corrected chi connectivity index (χ3v) is 2.95. The van der Waals surface area contributed by atoms with Crippen molar-refractivity contribution in [1.82, 2.24) is 15.0 Å². The van der Waals surface area contributed by atoms with Crippen molar-refractivity contribution in [2.75, 3.05) is 18.1 Å².